The van der Waals surface area contributed by atoms with E-state index < -0.39 is 23.5 Å². The van der Waals surface area contributed by atoms with Crippen molar-refractivity contribution in [3.8, 4) is 0 Å². The second-order valence-electron chi connectivity index (χ2n) is 5.08. The summed E-state index contributed by atoms with van der Waals surface area (Å²) >= 11 is 5.69. The number of hydrogen-bond acceptors (Lipinski definition) is 3. The molecule has 0 aliphatic carbocycles. The Hall–Kier alpha value is -2.99. The molecule has 5 nitrogen and oxygen atoms in total. The number of nitrogens with one attached hydrogen (secondary N) is 1. The largest absolute Gasteiger partial charge is 0.478 e. The van der Waals surface area contributed by atoms with E-state index in [0.717, 1.165) is 6.07 Å². The Kier molecular flexibility index (Phi) is 3.91. The van der Waals surface area contributed by atoms with Crippen LogP contribution in [0.15, 0.2) is 42.0 Å². The Morgan fingerprint density at radius 1 is 1.17 bits per heavy atom. The van der Waals surface area contributed by atoms with Crippen molar-refractivity contribution in [2.24, 2.45) is 0 Å². The van der Waals surface area contributed by atoms with E-state index in [2.05, 4.69) is 5.32 Å². The zero-order chi connectivity index (χ0) is 17.4. The van der Waals surface area contributed by atoms with E-state index >= 15 is 0 Å². The number of halogens is 2. The molecule has 0 radical (unpaired) electrons. The number of anilines is 1. The number of Topliss-reactive ketones (excluding diaryl/α,β-unsaturated/α-hetero) is 1. The highest BCUT2D eigenvalue weighted by molar-refractivity contribution is 6.36. The van der Waals surface area contributed by atoms with E-state index in [0.29, 0.717) is 5.56 Å². The van der Waals surface area contributed by atoms with Gasteiger partial charge in [0.1, 0.15) is 5.82 Å². The predicted octanol–water partition coefficient (Wildman–Crippen LogP) is 3.40. The van der Waals surface area contributed by atoms with Crippen LogP contribution >= 0.6 is 11.6 Å². The van der Waals surface area contributed by atoms with Gasteiger partial charge in [0.05, 0.1) is 21.8 Å². The first-order valence-corrected chi connectivity index (χ1v) is 7.15. The van der Waals surface area contributed by atoms with Crippen molar-refractivity contribution >= 4 is 41.0 Å². The number of aromatic carboxylic acids is 1. The van der Waals surface area contributed by atoms with Crippen LogP contribution in [0, 0.1) is 5.82 Å². The van der Waals surface area contributed by atoms with Crippen molar-refractivity contribution in [3.05, 3.63) is 69.5 Å². The summed E-state index contributed by atoms with van der Waals surface area (Å²) in [6.07, 6.45) is 1.28. The minimum atomic E-state index is -1.18. The Balaban J connectivity index is 2.07. The van der Waals surface area contributed by atoms with Crippen molar-refractivity contribution < 1.29 is 23.9 Å². The Bertz CT molecular complexity index is 936. The number of amides is 1. The van der Waals surface area contributed by atoms with Gasteiger partial charge in [-0.3, -0.25) is 9.59 Å². The molecule has 0 aromatic heterocycles. The van der Waals surface area contributed by atoms with Gasteiger partial charge in [0, 0.05) is 5.56 Å². The maximum Gasteiger partial charge on any atom is 0.335 e. The molecule has 0 saturated carbocycles. The summed E-state index contributed by atoms with van der Waals surface area (Å²) in [6, 6.07) is 7.64. The van der Waals surface area contributed by atoms with E-state index in [1.54, 1.807) is 0 Å². The second kappa shape index (κ2) is 5.90. The lowest BCUT2D eigenvalue weighted by Crippen LogP contribution is -2.27. The minimum Gasteiger partial charge on any atom is -0.478 e. The van der Waals surface area contributed by atoms with Crippen molar-refractivity contribution in [3.63, 3.8) is 0 Å². The second-order valence-corrected chi connectivity index (χ2v) is 5.49. The standard InChI is InChI=1S/C17H9ClFNO4/c18-12-6-8(1-3-13(12)19)5-11-15(21)10-7-9(17(23)24)2-4-14(10)20-16(11)22/h1-7H,(H,20,22)(H,23,24)/b11-5-. The molecule has 0 spiro atoms. The minimum absolute atomic E-state index is 0.0672. The van der Waals surface area contributed by atoms with E-state index in [-0.39, 0.29) is 27.4 Å². The van der Waals surface area contributed by atoms with Crippen molar-refractivity contribution in [2.45, 2.75) is 0 Å². The number of carboxylic acids is 1. The van der Waals surface area contributed by atoms with Gasteiger partial charge in [0.25, 0.3) is 5.91 Å². The van der Waals surface area contributed by atoms with Crippen LogP contribution < -0.4 is 5.32 Å². The highest BCUT2D eigenvalue weighted by Crippen LogP contribution is 2.28. The highest BCUT2D eigenvalue weighted by atomic mass is 35.5. The number of benzene rings is 2. The summed E-state index contributed by atoms with van der Waals surface area (Å²) in [5, 5.41) is 11.4. The summed E-state index contributed by atoms with van der Waals surface area (Å²) < 4.78 is 13.2. The molecule has 1 heterocycles. The third-order valence-corrected chi connectivity index (χ3v) is 3.79. The number of fused-ring (bicyclic) bond motifs is 1. The lowest BCUT2D eigenvalue weighted by molar-refractivity contribution is -0.112. The summed E-state index contributed by atoms with van der Waals surface area (Å²) in [6.45, 7) is 0. The molecule has 1 amide bonds. The van der Waals surface area contributed by atoms with E-state index in [1.165, 1.54) is 36.4 Å². The third-order valence-electron chi connectivity index (χ3n) is 3.50. The predicted molar refractivity (Wildman–Crippen MR) is 85.7 cm³/mol. The Morgan fingerprint density at radius 2 is 1.92 bits per heavy atom. The van der Waals surface area contributed by atoms with Gasteiger partial charge in [-0.1, -0.05) is 17.7 Å². The summed E-state index contributed by atoms with van der Waals surface area (Å²) in [4.78, 5) is 35.7. The molecule has 2 N–H and O–H groups in total. The normalized spacial score (nSPS) is 15.2. The van der Waals surface area contributed by atoms with Gasteiger partial charge >= 0.3 is 5.97 Å². The van der Waals surface area contributed by atoms with Crippen LogP contribution in [0.1, 0.15) is 26.3 Å². The van der Waals surface area contributed by atoms with E-state index in [4.69, 9.17) is 16.7 Å². The number of carboxylic acid groups (broad SMARTS) is 1. The van der Waals surface area contributed by atoms with E-state index in [1.807, 2.05) is 0 Å². The smallest absolute Gasteiger partial charge is 0.335 e. The summed E-state index contributed by atoms with van der Waals surface area (Å²) in [7, 11) is 0. The molecule has 7 heteroatoms. The van der Waals surface area contributed by atoms with Gasteiger partial charge < -0.3 is 10.4 Å². The number of ketones is 1. The van der Waals surface area contributed by atoms with Gasteiger partial charge in [-0.2, -0.15) is 0 Å². The molecule has 0 bridgehead atoms. The van der Waals surface area contributed by atoms with Gasteiger partial charge in [-0.15, -0.1) is 0 Å². The fourth-order valence-corrected chi connectivity index (χ4v) is 2.50. The first-order valence-electron chi connectivity index (χ1n) is 6.77. The Morgan fingerprint density at radius 3 is 2.58 bits per heavy atom. The molecule has 0 unspecified atom stereocenters. The average Bonchev–Trinajstić information content (AvgIpc) is 2.54. The van der Waals surface area contributed by atoms with Crippen LogP contribution in [0.25, 0.3) is 6.08 Å². The zero-order valence-electron chi connectivity index (χ0n) is 12.0. The molecule has 0 saturated heterocycles. The molecular formula is C17H9ClFNO4. The molecule has 0 atom stereocenters. The van der Waals surface area contributed by atoms with Gasteiger partial charge in [-0.05, 0) is 42.0 Å². The van der Waals surface area contributed by atoms with Crippen molar-refractivity contribution in [2.75, 3.05) is 5.32 Å². The molecule has 1 aliphatic heterocycles. The molecule has 120 valence electrons. The zero-order valence-corrected chi connectivity index (χ0v) is 12.7. The van der Waals surface area contributed by atoms with Crippen LogP contribution in [0.4, 0.5) is 10.1 Å². The van der Waals surface area contributed by atoms with Gasteiger partial charge in [0.2, 0.25) is 5.78 Å². The lowest BCUT2D eigenvalue weighted by Gasteiger charge is -2.18. The van der Waals surface area contributed by atoms with E-state index in [9.17, 15) is 18.8 Å². The molecule has 1 aliphatic rings. The molecule has 2 aromatic carbocycles. The maximum atomic E-state index is 13.2. The number of hydrogen-bond donors (Lipinski definition) is 2. The number of carbonyl (C=O) groups excluding carboxylic acids is 2. The first kappa shape index (κ1) is 15.9. The van der Waals surface area contributed by atoms with Crippen LogP contribution in [0.2, 0.25) is 5.02 Å². The Labute approximate surface area is 140 Å². The van der Waals surface area contributed by atoms with Crippen LogP contribution in [-0.4, -0.2) is 22.8 Å². The van der Waals surface area contributed by atoms with Crippen LogP contribution in [0.5, 0.6) is 0 Å². The van der Waals surface area contributed by atoms with Crippen LogP contribution in [0.3, 0.4) is 0 Å². The first-order chi connectivity index (χ1) is 11.4. The summed E-state index contributed by atoms with van der Waals surface area (Å²) in [5.41, 5.74) is 0.436. The van der Waals surface area contributed by atoms with Gasteiger partial charge in [0.15, 0.2) is 0 Å². The van der Waals surface area contributed by atoms with Crippen LogP contribution in [-0.2, 0) is 4.79 Å². The monoisotopic (exact) mass is 345 g/mol. The summed E-state index contributed by atoms with van der Waals surface area (Å²) in [5.74, 6) is -3.04. The molecule has 24 heavy (non-hydrogen) atoms. The van der Waals surface area contributed by atoms with Crippen molar-refractivity contribution in [1.82, 2.24) is 0 Å². The van der Waals surface area contributed by atoms with Crippen molar-refractivity contribution in [1.29, 1.82) is 0 Å². The third kappa shape index (κ3) is 2.79. The number of rotatable bonds is 2. The SMILES string of the molecule is O=C1Nc2ccc(C(=O)O)cc2C(=O)/C1=C/c1ccc(F)c(Cl)c1. The molecule has 0 fully saturated rings. The topological polar surface area (TPSA) is 83.5 Å². The molecule has 3 rings (SSSR count). The fraction of sp³-hybridized carbons (Fsp3) is 0. The highest BCUT2D eigenvalue weighted by Gasteiger charge is 2.29. The van der Waals surface area contributed by atoms with Gasteiger partial charge in [-0.25, -0.2) is 9.18 Å². The maximum absolute atomic E-state index is 13.2. The molecule has 2 aromatic rings. The lowest BCUT2D eigenvalue weighted by atomic mass is 9.94. The quantitative estimate of drug-likeness (QED) is 0.645. The molecular weight excluding hydrogens is 337 g/mol. The number of carbonyl (C=O) groups is 3. The average molecular weight is 346 g/mol. The fourth-order valence-electron chi connectivity index (χ4n) is 2.31.